The van der Waals surface area contributed by atoms with Crippen LogP contribution in [0.15, 0.2) is 23.1 Å². The molecule has 6 nitrogen and oxygen atoms in total. The number of halogens is 1. The van der Waals surface area contributed by atoms with Gasteiger partial charge in [0.2, 0.25) is 15.9 Å². The number of hydrogen-bond donors (Lipinski definition) is 2. The van der Waals surface area contributed by atoms with Crippen LogP contribution in [0.4, 0.5) is 10.1 Å². The Kier molecular flexibility index (Phi) is 4.84. The maximum atomic E-state index is 13.6. The number of anilines is 1. The van der Waals surface area contributed by atoms with Crippen molar-refractivity contribution in [1.29, 1.82) is 0 Å². The van der Waals surface area contributed by atoms with E-state index in [0.717, 1.165) is 16.4 Å². The van der Waals surface area contributed by atoms with Gasteiger partial charge in [-0.05, 0) is 18.2 Å². The van der Waals surface area contributed by atoms with Crippen molar-refractivity contribution in [2.24, 2.45) is 0 Å². The molecule has 8 heteroatoms. The monoisotopic (exact) mass is 289 g/mol. The Balaban J connectivity index is 3.20. The molecule has 0 saturated heterocycles. The van der Waals surface area contributed by atoms with E-state index in [1.165, 1.54) is 13.1 Å². The van der Waals surface area contributed by atoms with E-state index >= 15 is 0 Å². The van der Waals surface area contributed by atoms with E-state index in [4.69, 9.17) is 5.73 Å². The van der Waals surface area contributed by atoms with E-state index < -0.39 is 26.6 Å². The highest BCUT2D eigenvalue weighted by molar-refractivity contribution is 7.89. The first-order valence-corrected chi connectivity index (χ1v) is 7.02. The van der Waals surface area contributed by atoms with Gasteiger partial charge in [0, 0.05) is 19.3 Å². The molecular formula is C11H16FN3O3S. The van der Waals surface area contributed by atoms with Gasteiger partial charge in [-0.15, -0.1) is 0 Å². The molecule has 106 valence electrons. The topological polar surface area (TPSA) is 92.5 Å². The number of nitrogens with one attached hydrogen (secondary N) is 1. The number of carbonyl (C=O) groups excluding carboxylic acids is 1. The normalized spacial score (nSPS) is 11.6. The van der Waals surface area contributed by atoms with Crippen LogP contribution in [0.5, 0.6) is 0 Å². The summed E-state index contributed by atoms with van der Waals surface area (Å²) >= 11 is 0. The highest BCUT2D eigenvalue weighted by Crippen LogP contribution is 2.21. The zero-order valence-electron chi connectivity index (χ0n) is 10.7. The Morgan fingerprint density at radius 3 is 2.63 bits per heavy atom. The summed E-state index contributed by atoms with van der Waals surface area (Å²) in [6.07, 6.45) is 0. The lowest BCUT2D eigenvalue weighted by molar-refractivity contribution is -0.120. The zero-order chi connectivity index (χ0) is 14.6. The number of amides is 1. The lowest BCUT2D eigenvalue weighted by atomic mass is 10.3. The third-order valence-corrected chi connectivity index (χ3v) is 4.46. The molecule has 1 aromatic rings. The summed E-state index contributed by atoms with van der Waals surface area (Å²) in [6.45, 7) is 1.23. The molecule has 0 aliphatic carbocycles. The fraction of sp³-hybridized carbons (Fsp3) is 0.364. The number of rotatable bonds is 5. The molecule has 0 heterocycles. The number of likely N-dealkylation sites (N-methyl/N-ethyl adjacent to an activating group) is 2. The van der Waals surface area contributed by atoms with Gasteiger partial charge in [0.05, 0.1) is 6.54 Å². The molecule has 0 unspecified atom stereocenters. The number of hydrogen-bond acceptors (Lipinski definition) is 4. The maximum Gasteiger partial charge on any atom is 0.246 e. The van der Waals surface area contributed by atoms with Gasteiger partial charge in [0.1, 0.15) is 10.7 Å². The number of sulfonamides is 1. The summed E-state index contributed by atoms with van der Waals surface area (Å²) in [7, 11) is -2.70. The van der Waals surface area contributed by atoms with E-state index in [-0.39, 0.29) is 18.8 Å². The van der Waals surface area contributed by atoms with Gasteiger partial charge in [-0.1, -0.05) is 6.92 Å². The van der Waals surface area contributed by atoms with Crippen molar-refractivity contribution >= 4 is 21.6 Å². The van der Waals surface area contributed by atoms with Crippen LogP contribution >= 0.6 is 0 Å². The third kappa shape index (κ3) is 3.42. The fourth-order valence-electron chi connectivity index (χ4n) is 1.46. The van der Waals surface area contributed by atoms with E-state index in [0.29, 0.717) is 0 Å². The van der Waals surface area contributed by atoms with Gasteiger partial charge in [0.15, 0.2) is 0 Å². The van der Waals surface area contributed by atoms with Crippen LogP contribution in [0.2, 0.25) is 0 Å². The minimum atomic E-state index is -4.09. The highest BCUT2D eigenvalue weighted by Gasteiger charge is 2.27. The average Bonchev–Trinajstić information content (AvgIpc) is 2.37. The summed E-state index contributed by atoms with van der Waals surface area (Å²) in [4.78, 5) is 10.7. The second-order valence-corrected chi connectivity index (χ2v) is 5.70. The largest absolute Gasteiger partial charge is 0.399 e. The Morgan fingerprint density at radius 2 is 2.11 bits per heavy atom. The first-order chi connectivity index (χ1) is 8.82. The Labute approximate surface area is 111 Å². The van der Waals surface area contributed by atoms with E-state index in [1.54, 1.807) is 6.92 Å². The number of carbonyl (C=O) groups is 1. The molecule has 0 radical (unpaired) electrons. The Hall–Kier alpha value is -1.67. The van der Waals surface area contributed by atoms with Gasteiger partial charge >= 0.3 is 0 Å². The van der Waals surface area contributed by atoms with Crippen molar-refractivity contribution in [2.45, 2.75) is 11.8 Å². The summed E-state index contributed by atoms with van der Waals surface area (Å²) in [5.74, 6) is -1.38. The van der Waals surface area contributed by atoms with Gasteiger partial charge < -0.3 is 11.1 Å². The van der Waals surface area contributed by atoms with Crippen LogP contribution in [0.1, 0.15) is 6.92 Å². The predicted molar refractivity (Wildman–Crippen MR) is 69.3 cm³/mol. The number of nitrogens with zero attached hydrogens (tertiary/aromatic N) is 1. The molecule has 1 rings (SSSR count). The summed E-state index contributed by atoms with van der Waals surface area (Å²) in [5.41, 5.74) is 5.60. The molecule has 0 atom stereocenters. The molecule has 1 amide bonds. The molecular weight excluding hydrogens is 273 g/mol. The Bertz CT molecular complexity index is 575. The molecule has 3 N–H and O–H groups in total. The van der Waals surface area contributed by atoms with Crippen molar-refractivity contribution < 1.29 is 17.6 Å². The molecule has 1 aromatic carbocycles. The number of nitrogen functional groups attached to an aromatic ring is 1. The second kappa shape index (κ2) is 5.98. The molecule has 0 bridgehead atoms. The van der Waals surface area contributed by atoms with Crippen LogP contribution in [0.3, 0.4) is 0 Å². The summed E-state index contributed by atoms with van der Waals surface area (Å²) < 4.78 is 39.0. The first kappa shape index (κ1) is 15.4. The van der Waals surface area contributed by atoms with Crippen molar-refractivity contribution in [3.63, 3.8) is 0 Å². The maximum absolute atomic E-state index is 13.6. The zero-order valence-corrected chi connectivity index (χ0v) is 11.5. The molecule has 0 aliphatic rings. The second-order valence-electron chi connectivity index (χ2n) is 3.79. The predicted octanol–water partition coefficient (Wildman–Crippen LogP) is 0.165. The van der Waals surface area contributed by atoms with Crippen LogP contribution < -0.4 is 11.1 Å². The summed E-state index contributed by atoms with van der Waals surface area (Å²) in [5, 5.41) is 2.32. The summed E-state index contributed by atoms with van der Waals surface area (Å²) in [6, 6.07) is 3.29. The van der Waals surface area contributed by atoms with Crippen molar-refractivity contribution in [1.82, 2.24) is 9.62 Å². The fourth-order valence-corrected chi connectivity index (χ4v) is 2.97. The minimum absolute atomic E-state index is 0.0456. The first-order valence-electron chi connectivity index (χ1n) is 5.58. The third-order valence-electron chi connectivity index (χ3n) is 2.52. The lowest BCUT2D eigenvalue weighted by Crippen LogP contribution is -2.39. The SMILES string of the molecule is CCN(CC(=O)NC)S(=O)(=O)c1cc(N)ccc1F. The quantitative estimate of drug-likeness (QED) is 0.755. The van der Waals surface area contributed by atoms with Crippen LogP contribution in [-0.4, -0.2) is 38.8 Å². The smallest absolute Gasteiger partial charge is 0.246 e. The van der Waals surface area contributed by atoms with E-state index in [2.05, 4.69) is 5.32 Å². The number of benzene rings is 1. The minimum Gasteiger partial charge on any atom is -0.399 e. The molecule has 0 fully saturated rings. The molecule has 19 heavy (non-hydrogen) atoms. The van der Waals surface area contributed by atoms with Crippen molar-refractivity contribution in [2.75, 3.05) is 25.9 Å². The van der Waals surface area contributed by atoms with Gasteiger partial charge in [-0.3, -0.25) is 4.79 Å². The average molecular weight is 289 g/mol. The van der Waals surface area contributed by atoms with Gasteiger partial charge in [-0.2, -0.15) is 4.31 Å². The van der Waals surface area contributed by atoms with Crippen molar-refractivity contribution in [3.05, 3.63) is 24.0 Å². The standard InChI is InChI=1S/C11H16FN3O3S/c1-3-15(7-11(16)14-2)19(17,18)10-6-8(13)4-5-9(10)12/h4-6H,3,7,13H2,1-2H3,(H,14,16). The number of nitrogens with two attached hydrogens (primary N) is 1. The van der Waals surface area contributed by atoms with Crippen LogP contribution in [0, 0.1) is 5.82 Å². The van der Waals surface area contributed by atoms with Crippen LogP contribution in [-0.2, 0) is 14.8 Å². The van der Waals surface area contributed by atoms with Gasteiger partial charge in [0.25, 0.3) is 0 Å². The van der Waals surface area contributed by atoms with Gasteiger partial charge in [-0.25, -0.2) is 12.8 Å². The lowest BCUT2D eigenvalue weighted by Gasteiger charge is -2.20. The molecule has 0 spiro atoms. The van der Waals surface area contributed by atoms with E-state index in [9.17, 15) is 17.6 Å². The van der Waals surface area contributed by atoms with E-state index in [1.807, 2.05) is 0 Å². The highest BCUT2D eigenvalue weighted by atomic mass is 32.2. The molecule has 0 saturated carbocycles. The molecule has 0 aliphatic heterocycles. The molecule has 0 aromatic heterocycles. The van der Waals surface area contributed by atoms with Crippen LogP contribution in [0.25, 0.3) is 0 Å². The Morgan fingerprint density at radius 1 is 1.47 bits per heavy atom. The van der Waals surface area contributed by atoms with Crippen molar-refractivity contribution in [3.8, 4) is 0 Å².